The molecule has 0 aliphatic rings. The number of carbonyl (C=O) groups is 1. The Morgan fingerprint density at radius 2 is 1.96 bits per heavy atom. The summed E-state index contributed by atoms with van der Waals surface area (Å²) in [6, 6.07) is 14.3. The van der Waals surface area contributed by atoms with Crippen LogP contribution >= 0.6 is 11.6 Å². The fourth-order valence-electron chi connectivity index (χ4n) is 2.98. The van der Waals surface area contributed by atoms with E-state index >= 15 is 0 Å². The molecule has 140 valence electrons. The van der Waals surface area contributed by atoms with Crippen LogP contribution in [0.25, 0.3) is 0 Å². The van der Waals surface area contributed by atoms with Gasteiger partial charge in [0.15, 0.2) is 6.10 Å². The number of aliphatic hydroxyl groups excluding tert-OH is 1. The number of aliphatic hydroxyl groups is 1. The van der Waals surface area contributed by atoms with Crippen LogP contribution in [0.2, 0.25) is 5.02 Å². The van der Waals surface area contributed by atoms with Crippen LogP contribution in [-0.4, -0.2) is 30.3 Å². The topological polar surface area (TPSA) is 84.6 Å². The smallest absolute Gasteiger partial charge is 0.248 e. The summed E-state index contributed by atoms with van der Waals surface area (Å²) < 4.78 is 5.34. The van der Waals surface area contributed by atoms with Crippen molar-refractivity contribution in [2.45, 2.75) is 37.8 Å². The van der Waals surface area contributed by atoms with Crippen molar-refractivity contribution < 1.29 is 14.6 Å². The van der Waals surface area contributed by atoms with E-state index in [1.165, 1.54) is 0 Å². The van der Waals surface area contributed by atoms with Crippen LogP contribution in [0.15, 0.2) is 48.5 Å². The molecule has 2 aromatic carbocycles. The van der Waals surface area contributed by atoms with Crippen molar-refractivity contribution in [3.63, 3.8) is 0 Å². The van der Waals surface area contributed by atoms with E-state index in [0.717, 1.165) is 5.56 Å². The summed E-state index contributed by atoms with van der Waals surface area (Å²) in [6.45, 7) is 4.06. The first-order valence-corrected chi connectivity index (χ1v) is 8.75. The normalized spacial score (nSPS) is 13.7. The van der Waals surface area contributed by atoms with Crippen LogP contribution in [0.3, 0.4) is 0 Å². The van der Waals surface area contributed by atoms with E-state index in [1.54, 1.807) is 13.2 Å². The number of para-hydroxylation sites is 2. The quantitative estimate of drug-likeness (QED) is 0.659. The monoisotopic (exact) mass is 376 g/mol. The van der Waals surface area contributed by atoms with Crippen molar-refractivity contribution in [1.29, 1.82) is 0 Å². The zero-order chi connectivity index (χ0) is 19.3. The number of ether oxygens (including phenoxy) is 1. The highest BCUT2D eigenvalue weighted by Crippen LogP contribution is 2.33. The highest BCUT2D eigenvalue weighted by molar-refractivity contribution is 6.30. The van der Waals surface area contributed by atoms with Crippen LogP contribution in [0.5, 0.6) is 5.75 Å². The highest BCUT2D eigenvalue weighted by atomic mass is 35.5. The lowest BCUT2D eigenvalue weighted by Crippen LogP contribution is -2.46. The highest BCUT2D eigenvalue weighted by Gasteiger charge is 2.32. The lowest BCUT2D eigenvalue weighted by atomic mass is 9.78. The van der Waals surface area contributed by atoms with Crippen molar-refractivity contribution in [1.82, 2.24) is 0 Å². The number of primary amides is 1. The number of hydrogen-bond acceptors (Lipinski definition) is 4. The Morgan fingerprint density at radius 1 is 1.27 bits per heavy atom. The molecule has 0 saturated heterocycles. The molecule has 0 aliphatic carbocycles. The van der Waals surface area contributed by atoms with Gasteiger partial charge in [0, 0.05) is 5.02 Å². The van der Waals surface area contributed by atoms with Gasteiger partial charge < -0.3 is 20.9 Å². The molecule has 0 bridgehead atoms. The molecule has 0 aromatic heterocycles. The second kappa shape index (κ2) is 8.43. The van der Waals surface area contributed by atoms with Gasteiger partial charge in [0.1, 0.15) is 5.75 Å². The molecule has 1 amide bonds. The Balaban J connectivity index is 2.31. The molecule has 2 atom stereocenters. The Bertz CT molecular complexity index is 764. The van der Waals surface area contributed by atoms with Crippen LogP contribution in [0.1, 0.15) is 25.8 Å². The minimum Gasteiger partial charge on any atom is -0.495 e. The predicted octanol–water partition coefficient (Wildman–Crippen LogP) is 3.34. The molecule has 4 N–H and O–H groups in total. The van der Waals surface area contributed by atoms with Gasteiger partial charge in [-0.3, -0.25) is 4.79 Å². The molecule has 26 heavy (non-hydrogen) atoms. The third-order valence-corrected chi connectivity index (χ3v) is 4.69. The van der Waals surface area contributed by atoms with Gasteiger partial charge in [-0.2, -0.15) is 0 Å². The summed E-state index contributed by atoms with van der Waals surface area (Å²) in [5, 5.41) is 14.2. The van der Waals surface area contributed by atoms with E-state index in [0.29, 0.717) is 22.9 Å². The SMILES string of the molecule is COc1ccccc1NC(CC(C)(C)c1cccc(Cl)c1)C(O)C(N)=O. The molecule has 2 unspecified atom stereocenters. The van der Waals surface area contributed by atoms with Crippen LogP contribution < -0.4 is 15.8 Å². The number of anilines is 1. The van der Waals surface area contributed by atoms with Gasteiger partial charge in [0.05, 0.1) is 18.8 Å². The summed E-state index contributed by atoms with van der Waals surface area (Å²) in [7, 11) is 1.57. The lowest BCUT2D eigenvalue weighted by molar-refractivity contribution is -0.126. The largest absolute Gasteiger partial charge is 0.495 e. The van der Waals surface area contributed by atoms with Gasteiger partial charge in [0.25, 0.3) is 0 Å². The minimum absolute atomic E-state index is 0.360. The van der Waals surface area contributed by atoms with Gasteiger partial charge in [-0.1, -0.05) is 49.7 Å². The first kappa shape index (κ1) is 20.1. The maximum Gasteiger partial charge on any atom is 0.248 e. The molecule has 0 spiro atoms. The molecule has 5 nitrogen and oxygen atoms in total. The molecule has 0 radical (unpaired) electrons. The second-order valence-corrected chi connectivity index (χ2v) is 7.33. The molecule has 2 aromatic rings. The van der Waals surface area contributed by atoms with Gasteiger partial charge in [-0.15, -0.1) is 0 Å². The number of rotatable bonds is 8. The summed E-state index contributed by atoms with van der Waals surface area (Å²) in [5.74, 6) is -0.158. The molecule has 0 aliphatic heterocycles. The average Bonchev–Trinajstić information content (AvgIpc) is 2.60. The van der Waals surface area contributed by atoms with Gasteiger partial charge in [0.2, 0.25) is 5.91 Å². The molecule has 2 rings (SSSR count). The van der Waals surface area contributed by atoms with Crippen molar-refractivity contribution in [3.05, 3.63) is 59.1 Å². The number of amides is 1. The molecule has 0 fully saturated rings. The zero-order valence-electron chi connectivity index (χ0n) is 15.2. The number of nitrogens with two attached hydrogens (primary N) is 1. The Morgan fingerprint density at radius 3 is 2.58 bits per heavy atom. The third-order valence-electron chi connectivity index (χ3n) is 4.46. The summed E-state index contributed by atoms with van der Waals surface area (Å²) >= 11 is 6.11. The van der Waals surface area contributed by atoms with Crippen LogP contribution in [0, 0.1) is 0 Å². The second-order valence-electron chi connectivity index (χ2n) is 6.90. The molecule has 6 heteroatoms. The molecular formula is C20H25ClN2O3. The van der Waals surface area contributed by atoms with Crippen molar-refractivity contribution in [3.8, 4) is 5.75 Å². The standard InChI is InChI=1S/C20H25ClN2O3/c1-20(2,13-7-6-8-14(21)11-13)12-16(18(24)19(22)25)23-15-9-4-5-10-17(15)26-3/h4-11,16,18,23-24H,12H2,1-3H3,(H2,22,25). The van der Waals surface area contributed by atoms with E-state index in [1.807, 2.05) is 56.3 Å². The molecular weight excluding hydrogens is 352 g/mol. The lowest BCUT2D eigenvalue weighted by Gasteiger charge is -2.33. The predicted molar refractivity (Wildman–Crippen MR) is 105 cm³/mol. The van der Waals surface area contributed by atoms with E-state index in [9.17, 15) is 9.90 Å². The van der Waals surface area contributed by atoms with E-state index in [4.69, 9.17) is 22.1 Å². The molecule has 0 heterocycles. The van der Waals surface area contributed by atoms with Gasteiger partial charge in [-0.05, 0) is 41.7 Å². The number of benzene rings is 2. The van der Waals surface area contributed by atoms with E-state index in [2.05, 4.69) is 5.32 Å². The zero-order valence-corrected chi connectivity index (χ0v) is 16.0. The van der Waals surface area contributed by atoms with Crippen molar-refractivity contribution >= 4 is 23.2 Å². The minimum atomic E-state index is -1.35. The van der Waals surface area contributed by atoms with Gasteiger partial charge >= 0.3 is 0 Å². The Hall–Kier alpha value is -2.24. The first-order chi connectivity index (χ1) is 12.2. The van der Waals surface area contributed by atoms with Crippen molar-refractivity contribution in [2.75, 3.05) is 12.4 Å². The fourth-order valence-corrected chi connectivity index (χ4v) is 3.17. The number of carbonyl (C=O) groups excluding carboxylic acids is 1. The fraction of sp³-hybridized carbons (Fsp3) is 0.350. The van der Waals surface area contributed by atoms with Gasteiger partial charge in [-0.25, -0.2) is 0 Å². The first-order valence-electron chi connectivity index (χ1n) is 8.37. The maximum absolute atomic E-state index is 11.6. The number of nitrogens with one attached hydrogen (secondary N) is 1. The third kappa shape index (κ3) is 4.90. The summed E-state index contributed by atoms with van der Waals surface area (Å²) in [6.07, 6.45) is -0.895. The van der Waals surface area contributed by atoms with Crippen LogP contribution in [-0.2, 0) is 10.2 Å². The Kier molecular flexibility index (Phi) is 6.51. The van der Waals surface area contributed by atoms with Crippen LogP contribution in [0.4, 0.5) is 5.69 Å². The average molecular weight is 377 g/mol. The maximum atomic E-state index is 11.6. The van der Waals surface area contributed by atoms with E-state index < -0.39 is 18.1 Å². The number of methoxy groups -OCH3 is 1. The molecule has 0 saturated carbocycles. The van der Waals surface area contributed by atoms with E-state index in [-0.39, 0.29) is 5.41 Å². The summed E-state index contributed by atoms with van der Waals surface area (Å²) in [5.41, 5.74) is 6.69. The number of hydrogen-bond donors (Lipinski definition) is 3. The summed E-state index contributed by atoms with van der Waals surface area (Å²) in [4.78, 5) is 11.6. The number of halogens is 1. The Labute approximate surface area is 159 Å². The van der Waals surface area contributed by atoms with Crippen molar-refractivity contribution in [2.24, 2.45) is 5.73 Å².